The first kappa shape index (κ1) is 12.0. The Morgan fingerprint density at radius 3 is 2.81 bits per heavy atom. The van der Waals surface area contributed by atoms with Crippen LogP contribution >= 0.6 is 0 Å². The molecule has 2 N–H and O–H groups in total. The van der Waals surface area contributed by atoms with E-state index in [4.69, 9.17) is 10.5 Å². The first-order chi connectivity index (χ1) is 7.56. The fourth-order valence-electron chi connectivity index (χ4n) is 1.31. The average Bonchev–Trinajstić information content (AvgIpc) is 2.21. The summed E-state index contributed by atoms with van der Waals surface area (Å²) in [6.07, 6.45) is -0.184. The molecule has 16 heavy (non-hydrogen) atoms. The number of esters is 1. The first-order valence-electron chi connectivity index (χ1n) is 4.73. The van der Waals surface area contributed by atoms with Crippen LogP contribution in [-0.2, 0) is 16.0 Å². The van der Waals surface area contributed by atoms with Gasteiger partial charge >= 0.3 is 5.97 Å². The van der Waals surface area contributed by atoms with Gasteiger partial charge in [-0.2, -0.15) is 0 Å². The van der Waals surface area contributed by atoms with Crippen LogP contribution in [0.15, 0.2) is 18.2 Å². The van der Waals surface area contributed by atoms with Gasteiger partial charge in [0.05, 0.1) is 23.5 Å². The third kappa shape index (κ3) is 2.69. The van der Waals surface area contributed by atoms with Gasteiger partial charge in [-0.15, -0.1) is 0 Å². The Morgan fingerprint density at radius 1 is 1.56 bits per heavy atom. The second-order valence-electron chi connectivity index (χ2n) is 3.08. The summed E-state index contributed by atoms with van der Waals surface area (Å²) in [7, 11) is 0. The molecule has 0 bridgehead atoms. The van der Waals surface area contributed by atoms with Gasteiger partial charge < -0.3 is 10.5 Å². The largest absolute Gasteiger partial charge is 0.466 e. The number of benzene rings is 1. The molecule has 6 heteroatoms. The van der Waals surface area contributed by atoms with Crippen molar-refractivity contribution in [1.82, 2.24) is 0 Å². The monoisotopic (exact) mass is 224 g/mol. The highest BCUT2D eigenvalue weighted by Gasteiger charge is 2.19. The molecule has 0 aliphatic rings. The van der Waals surface area contributed by atoms with Gasteiger partial charge in [-0.25, -0.2) is 0 Å². The van der Waals surface area contributed by atoms with Gasteiger partial charge in [0.1, 0.15) is 0 Å². The maximum Gasteiger partial charge on any atom is 0.310 e. The number of hydrogen-bond acceptors (Lipinski definition) is 5. The topological polar surface area (TPSA) is 95.5 Å². The number of ether oxygens (including phenoxy) is 1. The van der Waals surface area contributed by atoms with Gasteiger partial charge in [0.25, 0.3) is 5.69 Å². The Balaban J connectivity index is 3.01. The van der Waals surface area contributed by atoms with Crippen LogP contribution in [0.5, 0.6) is 0 Å². The second-order valence-corrected chi connectivity index (χ2v) is 3.08. The van der Waals surface area contributed by atoms with Crippen LogP contribution < -0.4 is 5.73 Å². The fraction of sp³-hybridized carbons (Fsp3) is 0.300. The molecule has 0 spiro atoms. The Kier molecular flexibility index (Phi) is 3.82. The zero-order chi connectivity index (χ0) is 12.1. The summed E-state index contributed by atoms with van der Waals surface area (Å²) in [6.45, 7) is 1.90. The van der Waals surface area contributed by atoms with E-state index in [0.29, 0.717) is 0 Å². The van der Waals surface area contributed by atoms with E-state index in [1.807, 2.05) is 0 Å². The van der Waals surface area contributed by atoms with E-state index >= 15 is 0 Å². The summed E-state index contributed by atoms with van der Waals surface area (Å²) in [5, 5.41) is 10.7. The van der Waals surface area contributed by atoms with E-state index in [9.17, 15) is 14.9 Å². The molecule has 0 saturated carbocycles. The summed E-state index contributed by atoms with van der Waals surface area (Å²) >= 11 is 0. The summed E-state index contributed by atoms with van der Waals surface area (Å²) in [6, 6.07) is 4.30. The molecule has 0 aliphatic heterocycles. The normalized spacial score (nSPS) is 9.81. The van der Waals surface area contributed by atoms with Gasteiger partial charge in [0.15, 0.2) is 0 Å². The van der Waals surface area contributed by atoms with Crippen LogP contribution in [0.3, 0.4) is 0 Å². The van der Waals surface area contributed by atoms with Crippen molar-refractivity contribution in [2.45, 2.75) is 13.3 Å². The van der Waals surface area contributed by atoms with Crippen molar-refractivity contribution in [1.29, 1.82) is 0 Å². The molecule has 0 fully saturated rings. The summed E-state index contributed by atoms with van der Waals surface area (Å²) in [5.74, 6) is -0.525. The van der Waals surface area contributed by atoms with Crippen LogP contribution in [-0.4, -0.2) is 17.5 Å². The van der Waals surface area contributed by atoms with E-state index in [-0.39, 0.29) is 30.0 Å². The van der Waals surface area contributed by atoms with Gasteiger partial charge in [-0.05, 0) is 13.0 Å². The number of nitrogen functional groups attached to an aromatic ring is 1. The number of carbonyl (C=O) groups excluding carboxylic acids is 1. The predicted octanol–water partition coefficient (Wildman–Crippen LogP) is 1.28. The quantitative estimate of drug-likeness (QED) is 0.359. The maximum absolute atomic E-state index is 11.2. The smallest absolute Gasteiger partial charge is 0.310 e. The molecular weight excluding hydrogens is 212 g/mol. The molecule has 0 radical (unpaired) electrons. The van der Waals surface area contributed by atoms with E-state index < -0.39 is 10.9 Å². The molecule has 86 valence electrons. The fourth-order valence-corrected chi connectivity index (χ4v) is 1.31. The number of nitrogens with two attached hydrogens (primary N) is 1. The lowest BCUT2D eigenvalue weighted by molar-refractivity contribution is -0.385. The van der Waals surface area contributed by atoms with E-state index in [2.05, 4.69) is 0 Å². The number of rotatable bonds is 4. The van der Waals surface area contributed by atoms with Crippen molar-refractivity contribution in [2.24, 2.45) is 0 Å². The lowest BCUT2D eigenvalue weighted by atomic mass is 10.1. The number of nitro benzene ring substituents is 1. The van der Waals surface area contributed by atoms with E-state index in [1.54, 1.807) is 6.92 Å². The second kappa shape index (κ2) is 5.11. The summed E-state index contributed by atoms with van der Waals surface area (Å²) in [5.41, 5.74) is 5.86. The molecule has 1 aromatic carbocycles. The average molecular weight is 224 g/mol. The minimum atomic E-state index is -0.565. The molecule has 1 rings (SSSR count). The Hall–Kier alpha value is -2.11. The molecule has 0 saturated heterocycles. The zero-order valence-electron chi connectivity index (χ0n) is 8.80. The highest BCUT2D eigenvalue weighted by molar-refractivity contribution is 5.77. The standard InChI is InChI=1S/C10H12N2O4/c1-2-16-10(13)6-7-8(11)4-3-5-9(7)12(14)15/h3-5H,2,6,11H2,1H3. The Bertz CT molecular complexity index is 417. The molecule has 0 heterocycles. The van der Waals surface area contributed by atoms with Gasteiger partial charge in [-0.1, -0.05) is 6.07 Å². The maximum atomic E-state index is 11.2. The van der Waals surface area contributed by atoms with Crippen molar-refractivity contribution in [3.05, 3.63) is 33.9 Å². The van der Waals surface area contributed by atoms with Crippen LogP contribution in [0.2, 0.25) is 0 Å². The SMILES string of the molecule is CCOC(=O)Cc1c(N)cccc1[N+](=O)[O-]. The first-order valence-corrected chi connectivity index (χ1v) is 4.73. The highest BCUT2D eigenvalue weighted by atomic mass is 16.6. The number of anilines is 1. The highest BCUT2D eigenvalue weighted by Crippen LogP contribution is 2.24. The third-order valence-corrected chi connectivity index (χ3v) is 2.01. The van der Waals surface area contributed by atoms with Gasteiger partial charge in [0, 0.05) is 11.8 Å². The summed E-state index contributed by atoms with van der Waals surface area (Å²) < 4.78 is 4.72. The molecule has 0 amide bonds. The number of nitro groups is 1. The van der Waals surface area contributed by atoms with Gasteiger partial charge in [-0.3, -0.25) is 14.9 Å². The van der Waals surface area contributed by atoms with Crippen molar-refractivity contribution < 1.29 is 14.5 Å². The number of hydrogen-bond donors (Lipinski definition) is 1. The van der Waals surface area contributed by atoms with Crippen LogP contribution in [0.4, 0.5) is 11.4 Å². The molecule has 0 atom stereocenters. The Morgan fingerprint density at radius 2 is 2.25 bits per heavy atom. The zero-order valence-corrected chi connectivity index (χ0v) is 8.80. The molecule has 0 aromatic heterocycles. The third-order valence-electron chi connectivity index (χ3n) is 2.01. The minimum absolute atomic E-state index is 0.159. The molecule has 6 nitrogen and oxygen atoms in total. The molecular formula is C10H12N2O4. The van der Waals surface area contributed by atoms with Crippen LogP contribution in [0.25, 0.3) is 0 Å². The van der Waals surface area contributed by atoms with Gasteiger partial charge in [0.2, 0.25) is 0 Å². The molecule has 1 aromatic rings. The Labute approximate surface area is 92.2 Å². The number of nitrogens with zero attached hydrogens (tertiary/aromatic N) is 1. The number of carbonyl (C=O) groups is 1. The van der Waals surface area contributed by atoms with E-state index in [0.717, 1.165) is 0 Å². The predicted molar refractivity (Wildman–Crippen MR) is 57.8 cm³/mol. The molecule has 0 unspecified atom stereocenters. The lowest BCUT2D eigenvalue weighted by Crippen LogP contribution is -2.11. The van der Waals surface area contributed by atoms with Crippen molar-refractivity contribution >= 4 is 17.3 Å². The van der Waals surface area contributed by atoms with E-state index in [1.165, 1.54) is 18.2 Å². The van der Waals surface area contributed by atoms with Crippen LogP contribution in [0.1, 0.15) is 12.5 Å². The minimum Gasteiger partial charge on any atom is -0.466 e. The van der Waals surface area contributed by atoms with Crippen LogP contribution in [0, 0.1) is 10.1 Å². The van der Waals surface area contributed by atoms with Crippen molar-refractivity contribution in [3.63, 3.8) is 0 Å². The lowest BCUT2D eigenvalue weighted by Gasteiger charge is -2.05. The van der Waals surface area contributed by atoms with Crippen molar-refractivity contribution in [2.75, 3.05) is 12.3 Å². The molecule has 0 aliphatic carbocycles. The van der Waals surface area contributed by atoms with Crippen molar-refractivity contribution in [3.8, 4) is 0 Å². The summed E-state index contributed by atoms with van der Waals surface area (Å²) in [4.78, 5) is 21.4.